The van der Waals surface area contributed by atoms with Gasteiger partial charge >= 0.3 is 0 Å². The fourth-order valence-electron chi connectivity index (χ4n) is 4.31. The molecule has 0 unspecified atom stereocenters. The molecule has 2 aliphatic rings. The molecule has 2 aliphatic heterocycles. The third-order valence-corrected chi connectivity index (χ3v) is 7.55. The van der Waals surface area contributed by atoms with Crippen molar-refractivity contribution >= 4 is 33.2 Å². The number of rotatable bonds is 6. The van der Waals surface area contributed by atoms with Crippen LogP contribution in [0, 0.1) is 5.82 Å². The number of nitrogens with zero attached hydrogens (tertiary/aromatic N) is 3. The van der Waals surface area contributed by atoms with Crippen molar-refractivity contribution in [3.8, 4) is 0 Å². The molecule has 1 saturated heterocycles. The number of halogens is 1. The number of carbonyl (C=O) groups is 2. The first-order chi connectivity index (χ1) is 15.8. The second-order valence-corrected chi connectivity index (χ2v) is 9.95. The van der Waals surface area contributed by atoms with Gasteiger partial charge in [-0.25, -0.2) is 17.5 Å². The maximum Gasteiger partial charge on any atom is 0.240 e. The van der Waals surface area contributed by atoms with Crippen molar-refractivity contribution in [2.45, 2.75) is 24.7 Å². The summed E-state index contributed by atoms with van der Waals surface area (Å²) < 4.78 is 41.8. The zero-order valence-corrected chi connectivity index (χ0v) is 19.3. The summed E-state index contributed by atoms with van der Waals surface area (Å²) in [4.78, 5) is 29.6. The molecule has 0 saturated carbocycles. The minimum Gasteiger partial charge on any atom is -0.366 e. The predicted octanol–water partition coefficient (Wildman–Crippen LogP) is 1.75. The van der Waals surface area contributed by atoms with E-state index in [2.05, 4.69) is 4.72 Å². The third-order valence-electron chi connectivity index (χ3n) is 6.09. The van der Waals surface area contributed by atoms with E-state index < -0.39 is 10.0 Å². The molecule has 8 nitrogen and oxygen atoms in total. The Bertz CT molecular complexity index is 1160. The number of benzene rings is 2. The second kappa shape index (κ2) is 9.48. The van der Waals surface area contributed by atoms with Crippen molar-refractivity contribution in [1.29, 1.82) is 0 Å². The second-order valence-electron chi connectivity index (χ2n) is 8.18. The molecule has 33 heavy (non-hydrogen) atoms. The molecule has 0 radical (unpaired) electrons. The van der Waals surface area contributed by atoms with Crippen LogP contribution in [0.15, 0.2) is 47.4 Å². The van der Waals surface area contributed by atoms with Gasteiger partial charge in [0.25, 0.3) is 0 Å². The smallest absolute Gasteiger partial charge is 0.240 e. The number of hydrogen-bond donors (Lipinski definition) is 1. The Balaban J connectivity index is 1.28. The van der Waals surface area contributed by atoms with Crippen molar-refractivity contribution in [2.24, 2.45) is 0 Å². The van der Waals surface area contributed by atoms with Crippen LogP contribution < -0.4 is 14.5 Å². The highest BCUT2D eigenvalue weighted by Gasteiger charge is 2.26. The third kappa shape index (κ3) is 5.01. The molecule has 2 aromatic rings. The van der Waals surface area contributed by atoms with Gasteiger partial charge in [-0.15, -0.1) is 0 Å². The van der Waals surface area contributed by atoms with Gasteiger partial charge in [-0.1, -0.05) is 12.1 Å². The molecule has 0 spiro atoms. The van der Waals surface area contributed by atoms with E-state index in [0.29, 0.717) is 44.8 Å². The SMILES string of the molecule is CC(=O)N1CCc2cc(S(=O)(=O)NCCC(=O)N3CCN(c4ccccc4F)CC3)ccc21. The summed E-state index contributed by atoms with van der Waals surface area (Å²) in [6, 6.07) is 11.3. The minimum absolute atomic E-state index is 0.00858. The zero-order valence-electron chi connectivity index (χ0n) is 18.5. The molecule has 176 valence electrons. The Morgan fingerprint density at radius 2 is 1.73 bits per heavy atom. The lowest BCUT2D eigenvalue weighted by Crippen LogP contribution is -2.49. The van der Waals surface area contributed by atoms with E-state index in [0.717, 1.165) is 11.3 Å². The number of sulfonamides is 1. The number of nitrogens with one attached hydrogen (secondary N) is 1. The topological polar surface area (TPSA) is 90.0 Å². The molecule has 0 bridgehead atoms. The van der Waals surface area contributed by atoms with E-state index in [4.69, 9.17) is 0 Å². The average Bonchev–Trinajstić information content (AvgIpc) is 3.23. The van der Waals surface area contributed by atoms with Crippen LogP contribution in [0.25, 0.3) is 0 Å². The van der Waals surface area contributed by atoms with Crippen LogP contribution in [0.3, 0.4) is 0 Å². The van der Waals surface area contributed by atoms with Gasteiger partial charge < -0.3 is 14.7 Å². The molecule has 2 amide bonds. The van der Waals surface area contributed by atoms with Gasteiger partial charge in [-0.05, 0) is 42.3 Å². The maximum absolute atomic E-state index is 14.0. The molecular weight excluding hydrogens is 447 g/mol. The summed E-state index contributed by atoms with van der Waals surface area (Å²) in [5.41, 5.74) is 2.08. The van der Waals surface area contributed by atoms with Crippen molar-refractivity contribution < 1.29 is 22.4 Å². The van der Waals surface area contributed by atoms with Crippen molar-refractivity contribution in [2.75, 3.05) is 49.1 Å². The lowest BCUT2D eigenvalue weighted by Gasteiger charge is -2.36. The molecule has 0 aliphatic carbocycles. The summed E-state index contributed by atoms with van der Waals surface area (Å²) >= 11 is 0. The average molecular weight is 475 g/mol. The Labute approximate surface area is 193 Å². The van der Waals surface area contributed by atoms with Gasteiger partial charge in [-0.3, -0.25) is 9.59 Å². The highest BCUT2D eigenvalue weighted by Crippen LogP contribution is 2.30. The molecule has 1 N–H and O–H groups in total. The van der Waals surface area contributed by atoms with Gasteiger partial charge in [0.15, 0.2) is 0 Å². The number of piperazine rings is 1. The predicted molar refractivity (Wildman–Crippen MR) is 123 cm³/mol. The molecule has 2 heterocycles. The van der Waals surface area contributed by atoms with Crippen LogP contribution in [0.1, 0.15) is 18.9 Å². The zero-order chi connectivity index (χ0) is 23.6. The number of carbonyl (C=O) groups excluding carboxylic acids is 2. The first-order valence-electron chi connectivity index (χ1n) is 10.9. The van der Waals surface area contributed by atoms with Gasteiger partial charge in [0, 0.05) is 58.3 Å². The van der Waals surface area contributed by atoms with E-state index in [1.54, 1.807) is 40.1 Å². The molecule has 0 aromatic heterocycles. The van der Waals surface area contributed by atoms with E-state index in [9.17, 15) is 22.4 Å². The fraction of sp³-hybridized carbons (Fsp3) is 0.391. The molecular formula is C23H27FN4O4S. The molecule has 0 atom stereocenters. The van der Waals surface area contributed by atoms with Crippen molar-refractivity contribution in [3.05, 3.63) is 53.8 Å². The van der Waals surface area contributed by atoms with Gasteiger partial charge in [-0.2, -0.15) is 0 Å². The maximum atomic E-state index is 14.0. The molecule has 10 heteroatoms. The van der Waals surface area contributed by atoms with Crippen LogP contribution in [0.4, 0.5) is 15.8 Å². The number of para-hydroxylation sites is 1. The Kier molecular flexibility index (Phi) is 6.66. The highest BCUT2D eigenvalue weighted by molar-refractivity contribution is 7.89. The number of anilines is 2. The minimum atomic E-state index is -3.77. The van der Waals surface area contributed by atoms with Crippen molar-refractivity contribution in [3.63, 3.8) is 0 Å². The normalized spacial score (nSPS) is 16.1. The van der Waals surface area contributed by atoms with Crippen LogP contribution in [-0.2, 0) is 26.0 Å². The highest BCUT2D eigenvalue weighted by atomic mass is 32.2. The Hall–Kier alpha value is -2.98. The number of amides is 2. The Morgan fingerprint density at radius 3 is 2.42 bits per heavy atom. The van der Waals surface area contributed by atoms with Crippen LogP contribution in [-0.4, -0.2) is 64.4 Å². The number of fused-ring (bicyclic) bond motifs is 1. The summed E-state index contributed by atoms with van der Waals surface area (Å²) in [6.07, 6.45) is 0.650. The largest absolute Gasteiger partial charge is 0.366 e. The van der Waals surface area contributed by atoms with Crippen LogP contribution >= 0.6 is 0 Å². The van der Waals surface area contributed by atoms with Crippen molar-refractivity contribution in [1.82, 2.24) is 9.62 Å². The molecule has 4 rings (SSSR count). The van der Waals surface area contributed by atoms with Crippen LogP contribution in [0.2, 0.25) is 0 Å². The van der Waals surface area contributed by atoms with E-state index >= 15 is 0 Å². The first kappa shape index (κ1) is 23.2. The summed E-state index contributed by atoms with van der Waals surface area (Å²) in [5, 5.41) is 0. The number of hydrogen-bond acceptors (Lipinski definition) is 5. The summed E-state index contributed by atoms with van der Waals surface area (Å²) in [7, 11) is -3.77. The monoisotopic (exact) mass is 474 g/mol. The van der Waals surface area contributed by atoms with E-state index in [1.165, 1.54) is 19.1 Å². The van der Waals surface area contributed by atoms with E-state index in [1.807, 2.05) is 4.90 Å². The Morgan fingerprint density at radius 1 is 1.00 bits per heavy atom. The molecule has 1 fully saturated rings. The standard InChI is InChI=1S/C23H27FN4O4S/c1-17(29)28-11-9-18-16-19(6-7-21(18)28)33(31,32)25-10-8-23(30)27-14-12-26(13-15-27)22-5-3-2-4-20(22)24/h2-7,16,25H,8-15H2,1H3. The summed E-state index contributed by atoms with van der Waals surface area (Å²) in [6.45, 7) is 3.97. The van der Waals surface area contributed by atoms with Gasteiger partial charge in [0.1, 0.15) is 5.82 Å². The first-order valence-corrected chi connectivity index (χ1v) is 12.4. The summed E-state index contributed by atoms with van der Waals surface area (Å²) in [5.74, 6) is -0.500. The molecule has 2 aromatic carbocycles. The lowest BCUT2D eigenvalue weighted by atomic mass is 10.2. The van der Waals surface area contributed by atoms with Crippen LogP contribution in [0.5, 0.6) is 0 Å². The van der Waals surface area contributed by atoms with Gasteiger partial charge in [0.05, 0.1) is 10.6 Å². The van der Waals surface area contributed by atoms with E-state index in [-0.39, 0.29) is 35.5 Å². The lowest BCUT2D eigenvalue weighted by molar-refractivity contribution is -0.131. The van der Waals surface area contributed by atoms with Gasteiger partial charge in [0.2, 0.25) is 21.8 Å². The quantitative estimate of drug-likeness (QED) is 0.689. The fourth-order valence-corrected chi connectivity index (χ4v) is 5.39.